The van der Waals surface area contributed by atoms with E-state index in [1.807, 2.05) is 48.5 Å². The van der Waals surface area contributed by atoms with Crippen LogP contribution >= 0.6 is 23.4 Å². The fourth-order valence-electron chi connectivity index (χ4n) is 2.27. The van der Waals surface area contributed by atoms with Crippen LogP contribution in [0.1, 0.15) is 15.9 Å². The minimum atomic E-state index is -0.287. The minimum Gasteiger partial charge on any atom is -0.493 e. The number of rotatable bonds is 8. The number of aromatic nitrogens is 1. The first-order valence-electron chi connectivity index (χ1n) is 8.55. The zero-order valence-electron chi connectivity index (χ0n) is 14.9. The molecule has 1 aromatic heterocycles. The van der Waals surface area contributed by atoms with Crippen LogP contribution in [0, 0.1) is 0 Å². The fraction of sp³-hybridized carbons (Fsp3) is 0.0952. The Balaban J connectivity index is 1.45. The SMILES string of the molecule is O=C(N/N=C\c1cccc(OCCSc2ccc(Cl)cc2)c1)c1ccncc1. The number of benzene rings is 2. The zero-order chi connectivity index (χ0) is 19.6. The van der Waals surface area contributed by atoms with Crippen LogP contribution < -0.4 is 10.2 Å². The van der Waals surface area contributed by atoms with Crippen LogP contribution in [0.25, 0.3) is 0 Å². The van der Waals surface area contributed by atoms with Gasteiger partial charge in [-0.3, -0.25) is 9.78 Å². The number of carbonyl (C=O) groups excluding carboxylic acids is 1. The van der Waals surface area contributed by atoms with Gasteiger partial charge in [-0.25, -0.2) is 5.43 Å². The highest BCUT2D eigenvalue weighted by Gasteiger charge is 2.02. The molecule has 28 heavy (non-hydrogen) atoms. The van der Waals surface area contributed by atoms with Gasteiger partial charge in [-0.2, -0.15) is 5.10 Å². The molecule has 1 amide bonds. The van der Waals surface area contributed by atoms with E-state index in [4.69, 9.17) is 16.3 Å². The number of carbonyl (C=O) groups is 1. The third kappa shape index (κ3) is 6.40. The van der Waals surface area contributed by atoms with Crippen molar-refractivity contribution in [1.82, 2.24) is 10.4 Å². The van der Waals surface area contributed by atoms with Crippen molar-refractivity contribution in [3.63, 3.8) is 0 Å². The molecule has 7 heteroatoms. The summed E-state index contributed by atoms with van der Waals surface area (Å²) in [6.45, 7) is 0.576. The molecule has 0 spiro atoms. The predicted octanol–water partition coefficient (Wildman–Crippen LogP) is 4.67. The van der Waals surface area contributed by atoms with Crippen molar-refractivity contribution < 1.29 is 9.53 Å². The molecule has 0 aliphatic rings. The molecule has 1 N–H and O–H groups in total. The number of nitrogens with zero attached hydrogens (tertiary/aromatic N) is 2. The number of nitrogens with one attached hydrogen (secondary N) is 1. The van der Waals surface area contributed by atoms with Crippen molar-refractivity contribution in [1.29, 1.82) is 0 Å². The summed E-state index contributed by atoms with van der Waals surface area (Å²) in [5.74, 6) is 1.29. The number of amides is 1. The molecule has 0 radical (unpaired) electrons. The van der Waals surface area contributed by atoms with Gasteiger partial charge in [-0.1, -0.05) is 23.7 Å². The lowest BCUT2D eigenvalue weighted by Gasteiger charge is -2.07. The number of thioether (sulfide) groups is 1. The topological polar surface area (TPSA) is 63.6 Å². The van der Waals surface area contributed by atoms with E-state index < -0.39 is 0 Å². The van der Waals surface area contributed by atoms with Gasteiger partial charge in [-0.15, -0.1) is 11.8 Å². The quantitative estimate of drug-likeness (QED) is 0.253. The Bertz CT molecular complexity index is 934. The maximum absolute atomic E-state index is 11.9. The number of pyridine rings is 1. The molecule has 3 rings (SSSR count). The second-order valence-electron chi connectivity index (χ2n) is 5.66. The standard InChI is InChI=1S/C21H18ClN3O2S/c22-18-4-6-20(7-5-18)28-13-12-27-19-3-1-2-16(14-19)15-24-25-21(26)17-8-10-23-11-9-17/h1-11,14-15H,12-13H2,(H,25,26)/b24-15-. The van der Waals surface area contributed by atoms with Crippen LogP contribution in [0.3, 0.4) is 0 Å². The number of ether oxygens (including phenoxy) is 1. The van der Waals surface area contributed by atoms with Crippen LogP contribution in [0.4, 0.5) is 0 Å². The normalized spacial score (nSPS) is 10.8. The van der Waals surface area contributed by atoms with E-state index in [-0.39, 0.29) is 5.91 Å². The molecule has 0 saturated heterocycles. The highest BCUT2D eigenvalue weighted by molar-refractivity contribution is 7.99. The van der Waals surface area contributed by atoms with E-state index in [1.165, 1.54) is 0 Å². The molecule has 0 bridgehead atoms. The highest BCUT2D eigenvalue weighted by atomic mass is 35.5. The molecular weight excluding hydrogens is 394 g/mol. The third-order valence-corrected chi connectivity index (χ3v) is 4.84. The Kier molecular flexibility index (Phi) is 7.46. The molecule has 0 atom stereocenters. The number of halogens is 1. The Labute approximate surface area is 172 Å². The molecular formula is C21H18ClN3O2S. The fourth-order valence-corrected chi connectivity index (χ4v) is 3.12. The van der Waals surface area contributed by atoms with Gasteiger partial charge in [-0.05, 0) is 54.1 Å². The van der Waals surface area contributed by atoms with E-state index >= 15 is 0 Å². The predicted molar refractivity (Wildman–Crippen MR) is 113 cm³/mol. The first-order chi connectivity index (χ1) is 13.7. The van der Waals surface area contributed by atoms with Crippen molar-refractivity contribution >= 4 is 35.5 Å². The van der Waals surface area contributed by atoms with Crippen molar-refractivity contribution in [3.05, 3.63) is 89.2 Å². The van der Waals surface area contributed by atoms with Crippen LogP contribution in [0.15, 0.2) is 83.1 Å². The maximum atomic E-state index is 11.9. The number of hydrazone groups is 1. The van der Waals surface area contributed by atoms with Crippen LogP contribution in [-0.2, 0) is 0 Å². The van der Waals surface area contributed by atoms with E-state index in [2.05, 4.69) is 15.5 Å². The molecule has 5 nitrogen and oxygen atoms in total. The van der Waals surface area contributed by atoms with Crippen LogP contribution in [-0.4, -0.2) is 29.5 Å². The van der Waals surface area contributed by atoms with Gasteiger partial charge in [0.05, 0.1) is 12.8 Å². The molecule has 3 aromatic rings. The molecule has 142 valence electrons. The highest BCUT2D eigenvalue weighted by Crippen LogP contribution is 2.20. The van der Waals surface area contributed by atoms with Crippen molar-refractivity contribution in [2.45, 2.75) is 4.90 Å². The van der Waals surface area contributed by atoms with Crippen LogP contribution in [0.5, 0.6) is 5.75 Å². The zero-order valence-corrected chi connectivity index (χ0v) is 16.5. The van der Waals surface area contributed by atoms with Gasteiger partial charge < -0.3 is 4.74 Å². The van der Waals surface area contributed by atoms with Gasteiger partial charge in [0.25, 0.3) is 5.91 Å². The average Bonchev–Trinajstić information content (AvgIpc) is 2.73. The summed E-state index contributed by atoms with van der Waals surface area (Å²) in [4.78, 5) is 17.0. The van der Waals surface area contributed by atoms with E-state index in [1.54, 1.807) is 42.5 Å². The van der Waals surface area contributed by atoms with Crippen molar-refractivity contribution in [2.24, 2.45) is 5.10 Å². The van der Waals surface area contributed by atoms with Gasteiger partial charge in [0.2, 0.25) is 0 Å². The molecule has 1 heterocycles. The van der Waals surface area contributed by atoms with E-state index in [9.17, 15) is 4.79 Å². The summed E-state index contributed by atoms with van der Waals surface area (Å²) in [6, 6.07) is 18.5. The molecule has 0 aliphatic carbocycles. The minimum absolute atomic E-state index is 0.287. The molecule has 2 aromatic carbocycles. The van der Waals surface area contributed by atoms with Crippen LogP contribution in [0.2, 0.25) is 5.02 Å². The van der Waals surface area contributed by atoms with Crippen molar-refractivity contribution in [3.8, 4) is 5.75 Å². The molecule has 0 fully saturated rings. The lowest BCUT2D eigenvalue weighted by molar-refractivity contribution is 0.0955. The van der Waals surface area contributed by atoms with Gasteiger partial charge in [0.1, 0.15) is 5.75 Å². The Hall–Kier alpha value is -2.83. The molecule has 0 aliphatic heterocycles. The summed E-state index contributed by atoms with van der Waals surface area (Å²) in [7, 11) is 0. The third-order valence-electron chi connectivity index (χ3n) is 3.61. The Morgan fingerprint density at radius 3 is 2.71 bits per heavy atom. The lowest BCUT2D eigenvalue weighted by atomic mass is 10.2. The molecule has 0 saturated carbocycles. The first-order valence-corrected chi connectivity index (χ1v) is 9.92. The number of hydrogen-bond donors (Lipinski definition) is 1. The van der Waals surface area contributed by atoms with Crippen molar-refractivity contribution in [2.75, 3.05) is 12.4 Å². The Morgan fingerprint density at radius 1 is 1.14 bits per heavy atom. The van der Waals surface area contributed by atoms with E-state index in [0.29, 0.717) is 12.2 Å². The van der Waals surface area contributed by atoms with Gasteiger partial charge in [0, 0.05) is 33.6 Å². The smallest absolute Gasteiger partial charge is 0.271 e. The second kappa shape index (κ2) is 10.5. The first kappa shape index (κ1) is 19.9. The van der Waals surface area contributed by atoms with Gasteiger partial charge in [0.15, 0.2) is 0 Å². The largest absolute Gasteiger partial charge is 0.493 e. The molecule has 0 unspecified atom stereocenters. The van der Waals surface area contributed by atoms with Gasteiger partial charge >= 0.3 is 0 Å². The monoisotopic (exact) mass is 411 g/mol. The average molecular weight is 412 g/mol. The summed E-state index contributed by atoms with van der Waals surface area (Å²) < 4.78 is 5.79. The number of hydrogen-bond acceptors (Lipinski definition) is 5. The summed E-state index contributed by atoms with van der Waals surface area (Å²) in [5.41, 5.74) is 3.82. The summed E-state index contributed by atoms with van der Waals surface area (Å²) >= 11 is 7.59. The maximum Gasteiger partial charge on any atom is 0.271 e. The second-order valence-corrected chi connectivity index (χ2v) is 7.26. The summed E-state index contributed by atoms with van der Waals surface area (Å²) in [6.07, 6.45) is 4.70. The lowest BCUT2D eigenvalue weighted by Crippen LogP contribution is -2.17. The Morgan fingerprint density at radius 2 is 1.93 bits per heavy atom. The van der Waals surface area contributed by atoms with E-state index in [0.717, 1.165) is 27.0 Å². The summed E-state index contributed by atoms with van der Waals surface area (Å²) in [5, 5.41) is 4.72.